The Morgan fingerprint density at radius 1 is 1.46 bits per heavy atom. The highest BCUT2D eigenvalue weighted by atomic mass is 19.3. The minimum Gasteiger partial charge on any atom is -0.487 e. The topological polar surface area (TPSA) is 99.3 Å². The molecule has 2 aromatic rings. The first-order valence-corrected chi connectivity index (χ1v) is 6.94. The molecule has 24 heavy (non-hydrogen) atoms. The maximum absolute atomic E-state index is 12.2. The van der Waals surface area contributed by atoms with Crippen molar-refractivity contribution in [1.82, 2.24) is 9.78 Å². The number of halogens is 2. The smallest absolute Gasteiger partial charge is 0.275 e. The number of ether oxygens (including phenoxy) is 1. The van der Waals surface area contributed by atoms with Gasteiger partial charge in [-0.2, -0.15) is 5.10 Å². The molecule has 1 N–H and O–H groups in total. The van der Waals surface area contributed by atoms with E-state index in [4.69, 9.17) is 4.74 Å². The molecule has 8 nitrogen and oxygen atoms in total. The summed E-state index contributed by atoms with van der Waals surface area (Å²) in [6.07, 6.45) is -1.27. The Kier molecular flexibility index (Phi) is 5.40. The first-order chi connectivity index (χ1) is 11.4. The van der Waals surface area contributed by atoms with E-state index in [1.807, 2.05) is 0 Å². The van der Waals surface area contributed by atoms with Crippen LogP contribution in [0, 0.1) is 10.1 Å². The quantitative estimate of drug-likeness (QED) is 0.617. The molecule has 1 heterocycles. The number of carbonyl (C=O) groups excluding carboxylic acids is 1. The molecule has 1 aromatic carbocycles. The number of aromatic nitrogens is 2. The second-order valence-corrected chi connectivity index (χ2v) is 4.66. The molecular formula is C14H14F2N4O4. The number of amides is 1. The van der Waals surface area contributed by atoms with E-state index < -0.39 is 23.9 Å². The molecule has 0 radical (unpaired) electrons. The van der Waals surface area contributed by atoms with Gasteiger partial charge in [0.1, 0.15) is 18.1 Å². The van der Waals surface area contributed by atoms with Gasteiger partial charge in [0.15, 0.2) is 0 Å². The molecule has 1 amide bonds. The van der Waals surface area contributed by atoms with Crippen LogP contribution in [0.5, 0.6) is 5.75 Å². The predicted octanol–water partition coefficient (Wildman–Crippen LogP) is 2.71. The van der Waals surface area contributed by atoms with Gasteiger partial charge >= 0.3 is 0 Å². The number of hydrogen-bond donors (Lipinski definition) is 1. The molecule has 1 aromatic heterocycles. The Balaban J connectivity index is 2.25. The summed E-state index contributed by atoms with van der Waals surface area (Å²) in [7, 11) is 0. The zero-order valence-electron chi connectivity index (χ0n) is 12.6. The summed E-state index contributed by atoms with van der Waals surface area (Å²) in [6.45, 7) is 1.36. The zero-order chi connectivity index (χ0) is 17.7. The van der Waals surface area contributed by atoms with Gasteiger partial charge in [-0.05, 0) is 13.0 Å². The molecule has 0 aliphatic heterocycles. The standard InChI is InChI=1S/C14H14F2N4O4/c1-2-19-12(3-4-17-19)14(21)18-9-5-10(20(22)23)7-11(6-9)24-8-13(15)16/h3-7,13H,2,8H2,1H3,(H,18,21). The zero-order valence-corrected chi connectivity index (χ0v) is 12.6. The number of carbonyl (C=O) groups is 1. The SMILES string of the molecule is CCn1nccc1C(=O)Nc1cc(OCC(F)F)cc([N+](=O)[O-])c1. The number of nitrogens with one attached hydrogen (secondary N) is 1. The summed E-state index contributed by atoms with van der Waals surface area (Å²) in [5.74, 6) is -0.668. The van der Waals surface area contributed by atoms with Crippen LogP contribution in [-0.2, 0) is 6.54 Å². The van der Waals surface area contributed by atoms with E-state index in [2.05, 4.69) is 10.4 Å². The minimum atomic E-state index is -2.72. The van der Waals surface area contributed by atoms with Crippen LogP contribution in [0.1, 0.15) is 17.4 Å². The van der Waals surface area contributed by atoms with E-state index >= 15 is 0 Å². The molecule has 0 spiro atoms. The summed E-state index contributed by atoms with van der Waals surface area (Å²) in [5.41, 5.74) is -0.0672. The van der Waals surface area contributed by atoms with Crippen molar-refractivity contribution in [3.05, 3.63) is 46.3 Å². The van der Waals surface area contributed by atoms with Gasteiger partial charge in [0.2, 0.25) is 0 Å². The number of aryl methyl sites for hydroxylation is 1. The molecule has 0 fully saturated rings. The summed E-state index contributed by atoms with van der Waals surface area (Å²) in [5, 5.41) is 17.4. The third kappa shape index (κ3) is 4.24. The van der Waals surface area contributed by atoms with Gasteiger partial charge < -0.3 is 10.1 Å². The molecule has 0 saturated carbocycles. The van der Waals surface area contributed by atoms with Crippen LogP contribution in [-0.4, -0.2) is 33.6 Å². The van der Waals surface area contributed by atoms with Crippen molar-refractivity contribution < 1.29 is 23.2 Å². The average molecular weight is 340 g/mol. The van der Waals surface area contributed by atoms with Crippen LogP contribution in [0.2, 0.25) is 0 Å². The lowest BCUT2D eigenvalue weighted by Crippen LogP contribution is -2.17. The van der Waals surface area contributed by atoms with Crippen LogP contribution < -0.4 is 10.1 Å². The maximum atomic E-state index is 12.2. The van der Waals surface area contributed by atoms with E-state index in [-0.39, 0.29) is 22.8 Å². The Hall–Kier alpha value is -3.04. The summed E-state index contributed by atoms with van der Waals surface area (Å²) in [6, 6.07) is 4.85. The Labute approximate surface area is 135 Å². The number of anilines is 1. The van der Waals surface area contributed by atoms with Crippen LogP contribution in [0.3, 0.4) is 0 Å². The molecule has 0 atom stereocenters. The van der Waals surface area contributed by atoms with Crippen LogP contribution in [0.15, 0.2) is 30.5 Å². The van der Waals surface area contributed by atoms with Crippen molar-refractivity contribution in [2.75, 3.05) is 11.9 Å². The van der Waals surface area contributed by atoms with Crippen molar-refractivity contribution in [3.63, 3.8) is 0 Å². The third-order valence-corrected chi connectivity index (χ3v) is 2.98. The second-order valence-electron chi connectivity index (χ2n) is 4.66. The van der Waals surface area contributed by atoms with Crippen molar-refractivity contribution in [2.24, 2.45) is 0 Å². The minimum absolute atomic E-state index is 0.0577. The molecule has 0 saturated heterocycles. The van der Waals surface area contributed by atoms with Gasteiger partial charge in [-0.3, -0.25) is 19.6 Å². The lowest BCUT2D eigenvalue weighted by Gasteiger charge is -2.10. The van der Waals surface area contributed by atoms with Gasteiger partial charge in [0.25, 0.3) is 18.0 Å². The van der Waals surface area contributed by atoms with Crippen molar-refractivity contribution in [2.45, 2.75) is 19.9 Å². The van der Waals surface area contributed by atoms with Crippen LogP contribution in [0.25, 0.3) is 0 Å². The van der Waals surface area contributed by atoms with E-state index in [0.29, 0.717) is 6.54 Å². The largest absolute Gasteiger partial charge is 0.487 e. The number of alkyl halides is 2. The van der Waals surface area contributed by atoms with Gasteiger partial charge in [-0.25, -0.2) is 8.78 Å². The van der Waals surface area contributed by atoms with E-state index in [1.54, 1.807) is 6.92 Å². The average Bonchev–Trinajstić information content (AvgIpc) is 3.01. The highest BCUT2D eigenvalue weighted by Crippen LogP contribution is 2.26. The Bertz CT molecular complexity index is 748. The Morgan fingerprint density at radius 2 is 2.21 bits per heavy atom. The lowest BCUT2D eigenvalue weighted by molar-refractivity contribution is -0.384. The van der Waals surface area contributed by atoms with E-state index in [0.717, 1.165) is 12.1 Å². The van der Waals surface area contributed by atoms with Gasteiger partial charge in [-0.1, -0.05) is 0 Å². The van der Waals surface area contributed by atoms with Gasteiger partial charge in [-0.15, -0.1) is 0 Å². The number of non-ortho nitro benzene ring substituents is 1. The molecule has 0 aliphatic rings. The summed E-state index contributed by atoms with van der Waals surface area (Å²) < 4.78 is 30.7. The number of hydrogen-bond acceptors (Lipinski definition) is 5. The summed E-state index contributed by atoms with van der Waals surface area (Å²) in [4.78, 5) is 22.4. The molecular weight excluding hydrogens is 326 g/mol. The highest BCUT2D eigenvalue weighted by Gasteiger charge is 2.16. The predicted molar refractivity (Wildman–Crippen MR) is 80.4 cm³/mol. The molecule has 128 valence electrons. The molecule has 0 aliphatic carbocycles. The van der Waals surface area contributed by atoms with E-state index in [1.165, 1.54) is 23.0 Å². The normalized spacial score (nSPS) is 10.7. The monoisotopic (exact) mass is 340 g/mol. The molecule has 0 unspecified atom stereocenters. The summed E-state index contributed by atoms with van der Waals surface area (Å²) >= 11 is 0. The van der Waals surface area contributed by atoms with Crippen LogP contribution in [0.4, 0.5) is 20.2 Å². The third-order valence-electron chi connectivity index (χ3n) is 2.98. The fraction of sp³-hybridized carbons (Fsp3) is 0.286. The number of nitrogens with zero attached hydrogens (tertiary/aromatic N) is 3. The maximum Gasteiger partial charge on any atom is 0.275 e. The fourth-order valence-electron chi connectivity index (χ4n) is 1.98. The molecule has 2 rings (SSSR count). The fourth-order valence-corrected chi connectivity index (χ4v) is 1.98. The number of nitro benzene ring substituents is 1. The van der Waals surface area contributed by atoms with E-state index in [9.17, 15) is 23.7 Å². The van der Waals surface area contributed by atoms with Crippen molar-refractivity contribution in [1.29, 1.82) is 0 Å². The van der Waals surface area contributed by atoms with Crippen molar-refractivity contribution in [3.8, 4) is 5.75 Å². The van der Waals surface area contributed by atoms with Gasteiger partial charge in [0, 0.05) is 24.9 Å². The molecule has 10 heteroatoms. The van der Waals surface area contributed by atoms with Crippen molar-refractivity contribution >= 4 is 17.3 Å². The number of rotatable bonds is 7. The highest BCUT2D eigenvalue weighted by molar-refractivity contribution is 6.03. The lowest BCUT2D eigenvalue weighted by atomic mass is 10.2. The Morgan fingerprint density at radius 3 is 2.83 bits per heavy atom. The number of nitro groups is 1. The van der Waals surface area contributed by atoms with Gasteiger partial charge in [0.05, 0.1) is 16.7 Å². The van der Waals surface area contributed by atoms with Crippen LogP contribution >= 0.6 is 0 Å². The second kappa shape index (κ2) is 7.49. The molecule has 0 bridgehead atoms. The first-order valence-electron chi connectivity index (χ1n) is 6.94. The number of benzene rings is 1. The first kappa shape index (κ1) is 17.3.